The number of amides is 1. The zero-order valence-electron chi connectivity index (χ0n) is 18.7. The molecule has 2 heterocycles. The molecule has 1 amide bonds. The van der Waals surface area contributed by atoms with Crippen LogP contribution in [-0.4, -0.2) is 55.6 Å². The van der Waals surface area contributed by atoms with Crippen molar-refractivity contribution in [1.29, 1.82) is 0 Å². The lowest BCUT2D eigenvalue weighted by Crippen LogP contribution is -2.66. The Morgan fingerprint density at radius 3 is 2.59 bits per heavy atom. The van der Waals surface area contributed by atoms with E-state index in [9.17, 15) is 9.90 Å². The minimum atomic E-state index is -1.10. The Balaban J connectivity index is 1.27. The Hall–Kier alpha value is -3.01. The predicted molar refractivity (Wildman–Crippen MR) is 123 cm³/mol. The SMILES string of the molecule is CO[C@H]1O[C@@H]2COC(c3ccc4ccccc4c3)O[C@H]2[C@H](O)[C@H]1NC(=O)OCc1ccccc1. The standard InChI is InChI=1S/C26H27NO7/c1-30-25-21(27-26(29)32-14-16-7-3-2-4-8-16)22(28)23-20(33-25)15-31-24(34-23)19-12-11-17-9-5-6-10-18(17)13-19/h2-13,20-25,28H,14-15H2,1H3,(H,27,29)/t20-,21-,22-,23-,24?,25+/m1/s1. The number of aliphatic hydroxyl groups excluding tert-OH is 1. The Labute approximate surface area is 197 Å². The summed E-state index contributed by atoms with van der Waals surface area (Å²) in [6, 6.07) is 22.4. The van der Waals surface area contributed by atoms with E-state index in [2.05, 4.69) is 5.32 Å². The summed E-state index contributed by atoms with van der Waals surface area (Å²) in [6.07, 6.45) is -4.61. The molecule has 3 aromatic carbocycles. The van der Waals surface area contributed by atoms with Crippen molar-refractivity contribution in [2.75, 3.05) is 13.7 Å². The molecule has 8 nitrogen and oxygen atoms in total. The van der Waals surface area contributed by atoms with Crippen LogP contribution in [0.2, 0.25) is 0 Å². The molecular formula is C26H27NO7. The van der Waals surface area contributed by atoms with Gasteiger partial charge in [0.05, 0.1) is 6.61 Å². The van der Waals surface area contributed by atoms with Crippen LogP contribution in [0.15, 0.2) is 72.8 Å². The van der Waals surface area contributed by atoms with E-state index in [4.69, 9.17) is 23.7 Å². The fourth-order valence-electron chi connectivity index (χ4n) is 4.37. The van der Waals surface area contributed by atoms with Crippen molar-refractivity contribution in [3.8, 4) is 0 Å². The highest BCUT2D eigenvalue weighted by molar-refractivity contribution is 5.83. The minimum Gasteiger partial charge on any atom is -0.445 e. The van der Waals surface area contributed by atoms with Crippen LogP contribution in [0.5, 0.6) is 0 Å². The number of carbonyl (C=O) groups is 1. The smallest absolute Gasteiger partial charge is 0.407 e. The summed E-state index contributed by atoms with van der Waals surface area (Å²) in [4.78, 5) is 12.4. The molecule has 2 aliphatic rings. The van der Waals surface area contributed by atoms with E-state index in [1.807, 2.05) is 72.8 Å². The first-order valence-electron chi connectivity index (χ1n) is 11.2. The highest BCUT2D eigenvalue weighted by atomic mass is 16.7. The van der Waals surface area contributed by atoms with Gasteiger partial charge < -0.3 is 34.1 Å². The average molecular weight is 466 g/mol. The Bertz CT molecular complexity index is 1120. The molecule has 0 aliphatic carbocycles. The van der Waals surface area contributed by atoms with Gasteiger partial charge in [0.1, 0.15) is 31.0 Å². The van der Waals surface area contributed by atoms with Gasteiger partial charge in [-0.3, -0.25) is 0 Å². The number of aliphatic hydroxyl groups is 1. The van der Waals surface area contributed by atoms with E-state index in [0.29, 0.717) is 0 Å². The zero-order chi connectivity index (χ0) is 23.5. The number of carbonyl (C=O) groups excluding carboxylic acids is 1. The van der Waals surface area contributed by atoms with Gasteiger partial charge in [-0.25, -0.2) is 4.79 Å². The van der Waals surface area contributed by atoms with Crippen molar-refractivity contribution in [1.82, 2.24) is 5.32 Å². The van der Waals surface area contributed by atoms with Crippen LogP contribution in [0.3, 0.4) is 0 Å². The first-order valence-corrected chi connectivity index (χ1v) is 11.2. The lowest BCUT2D eigenvalue weighted by Gasteiger charge is -2.47. The molecule has 2 aliphatic heterocycles. The number of benzene rings is 3. The fourth-order valence-corrected chi connectivity index (χ4v) is 4.37. The molecule has 6 atom stereocenters. The third-order valence-electron chi connectivity index (χ3n) is 6.14. The highest BCUT2D eigenvalue weighted by Gasteiger charge is 2.50. The lowest BCUT2D eigenvalue weighted by molar-refractivity contribution is -0.341. The van der Waals surface area contributed by atoms with E-state index in [1.54, 1.807) is 0 Å². The molecule has 34 heavy (non-hydrogen) atoms. The van der Waals surface area contributed by atoms with E-state index in [1.165, 1.54) is 7.11 Å². The number of fused-ring (bicyclic) bond motifs is 2. The second-order valence-electron chi connectivity index (χ2n) is 8.37. The first kappa shape index (κ1) is 22.8. The molecule has 2 saturated heterocycles. The number of alkyl carbamates (subject to hydrolysis) is 1. The normalized spacial score (nSPS) is 28.8. The maximum absolute atomic E-state index is 12.4. The molecule has 2 fully saturated rings. The summed E-state index contributed by atoms with van der Waals surface area (Å²) in [5.41, 5.74) is 1.69. The monoisotopic (exact) mass is 465 g/mol. The van der Waals surface area contributed by atoms with Gasteiger partial charge >= 0.3 is 6.09 Å². The number of hydrogen-bond acceptors (Lipinski definition) is 7. The second-order valence-corrected chi connectivity index (χ2v) is 8.37. The molecular weight excluding hydrogens is 438 g/mol. The third-order valence-corrected chi connectivity index (χ3v) is 6.14. The van der Waals surface area contributed by atoms with E-state index in [0.717, 1.165) is 21.9 Å². The largest absolute Gasteiger partial charge is 0.445 e. The number of rotatable bonds is 5. The van der Waals surface area contributed by atoms with Gasteiger partial charge in [-0.15, -0.1) is 0 Å². The Kier molecular flexibility index (Phi) is 6.75. The molecule has 0 bridgehead atoms. The van der Waals surface area contributed by atoms with Crippen LogP contribution < -0.4 is 5.32 Å². The van der Waals surface area contributed by atoms with Gasteiger partial charge in [-0.1, -0.05) is 66.7 Å². The van der Waals surface area contributed by atoms with Crippen molar-refractivity contribution >= 4 is 16.9 Å². The Morgan fingerprint density at radius 2 is 1.79 bits per heavy atom. The number of nitrogens with one attached hydrogen (secondary N) is 1. The van der Waals surface area contributed by atoms with Gasteiger partial charge in [0, 0.05) is 12.7 Å². The molecule has 8 heteroatoms. The maximum Gasteiger partial charge on any atom is 0.407 e. The van der Waals surface area contributed by atoms with Gasteiger partial charge in [-0.05, 0) is 22.4 Å². The molecule has 0 radical (unpaired) electrons. The quantitative estimate of drug-likeness (QED) is 0.597. The van der Waals surface area contributed by atoms with Crippen molar-refractivity contribution < 1.29 is 33.6 Å². The maximum atomic E-state index is 12.4. The summed E-state index contributed by atoms with van der Waals surface area (Å²) >= 11 is 0. The average Bonchev–Trinajstić information content (AvgIpc) is 2.89. The van der Waals surface area contributed by atoms with E-state index < -0.39 is 43.0 Å². The van der Waals surface area contributed by atoms with Crippen molar-refractivity contribution in [3.63, 3.8) is 0 Å². The fraction of sp³-hybridized carbons (Fsp3) is 0.346. The Morgan fingerprint density at radius 1 is 1.03 bits per heavy atom. The van der Waals surface area contributed by atoms with Gasteiger partial charge in [0.15, 0.2) is 12.6 Å². The zero-order valence-corrected chi connectivity index (χ0v) is 18.7. The number of ether oxygens (including phenoxy) is 5. The summed E-state index contributed by atoms with van der Waals surface area (Å²) in [5.74, 6) is 0. The number of methoxy groups -OCH3 is 1. The van der Waals surface area contributed by atoms with Crippen LogP contribution in [-0.2, 0) is 30.3 Å². The van der Waals surface area contributed by atoms with Crippen LogP contribution in [0.4, 0.5) is 4.79 Å². The van der Waals surface area contributed by atoms with E-state index >= 15 is 0 Å². The number of hydrogen-bond donors (Lipinski definition) is 2. The van der Waals surface area contributed by atoms with E-state index in [-0.39, 0.29) is 13.2 Å². The molecule has 5 rings (SSSR count). The van der Waals surface area contributed by atoms with Crippen molar-refractivity contribution in [2.24, 2.45) is 0 Å². The van der Waals surface area contributed by atoms with Crippen LogP contribution >= 0.6 is 0 Å². The molecule has 178 valence electrons. The molecule has 2 N–H and O–H groups in total. The lowest BCUT2D eigenvalue weighted by atomic mass is 9.95. The van der Waals surface area contributed by atoms with Crippen molar-refractivity contribution in [3.05, 3.63) is 83.9 Å². The topological polar surface area (TPSA) is 95.5 Å². The van der Waals surface area contributed by atoms with Crippen LogP contribution in [0.25, 0.3) is 10.8 Å². The molecule has 3 aromatic rings. The molecule has 0 aromatic heterocycles. The second kappa shape index (κ2) is 10.1. The molecule has 0 spiro atoms. The van der Waals surface area contributed by atoms with Crippen LogP contribution in [0, 0.1) is 0 Å². The van der Waals surface area contributed by atoms with Crippen LogP contribution in [0.1, 0.15) is 17.4 Å². The van der Waals surface area contributed by atoms with Gasteiger partial charge in [0.25, 0.3) is 0 Å². The van der Waals surface area contributed by atoms with Crippen molar-refractivity contribution in [2.45, 2.75) is 43.5 Å². The molecule has 1 unspecified atom stereocenters. The minimum absolute atomic E-state index is 0.106. The van der Waals surface area contributed by atoms with Gasteiger partial charge in [-0.2, -0.15) is 0 Å². The summed E-state index contributed by atoms with van der Waals surface area (Å²) in [7, 11) is 1.45. The highest BCUT2D eigenvalue weighted by Crippen LogP contribution is 2.35. The summed E-state index contributed by atoms with van der Waals surface area (Å²) < 4.78 is 28.7. The third kappa shape index (κ3) is 4.77. The summed E-state index contributed by atoms with van der Waals surface area (Å²) in [5, 5.41) is 16.0. The predicted octanol–water partition coefficient (Wildman–Crippen LogP) is 3.28. The van der Waals surface area contributed by atoms with Gasteiger partial charge in [0.2, 0.25) is 0 Å². The summed E-state index contributed by atoms with van der Waals surface area (Å²) in [6.45, 7) is 0.318. The first-order chi connectivity index (χ1) is 16.6. The molecule has 0 saturated carbocycles.